The van der Waals surface area contributed by atoms with Crippen molar-refractivity contribution in [1.82, 2.24) is 9.55 Å². The molecule has 1 aromatic carbocycles. The normalized spacial score (nSPS) is 10.7. The van der Waals surface area contributed by atoms with Crippen molar-refractivity contribution in [3.05, 3.63) is 56.4 Å². The third-order valence-electron chi connectivity index (χ3n) is 2.63. The average Bonchev–Trinajstić information content (AvgIpc) is 2.81. The van der Waals surface area contributed by atoms with E-state index in [4.69, 9.17) is 0 Å². The second kappa shape index (κ2) is 5.77. The first-order valence-electron chi connectivity index (χ1n) is 5.68. The summed E-state index contributed by atoms with van der Waals surface area (Å²) in [4.78, 5) is 23.7. The van der Waals surface area contributed by atoms with Crippen LogP contribution in [0, 0.1) is 20.2 Å². The Hall–Kier alpha value is -3.30. The molecule has 1 heterocycles. The predicted molar refractivity (Wildman–Crippen MR) is 74.2 cm³/mol. The highest BCUT2D eigenvalue weighted by molar-refractivity contribution is 5.78. The van der Waals surface area contributed by atoms with Gasteiger partial charge in [0.25, 0.3) is 5.69 Å². The summed E-state index contributed by atoms with van der Waals surface area (Å²) in [6.07, 6.45) is 2.68. The van der Waals surface area contributed by atoms with Gasteiger partial charge in [-0.3, -0.25) is 15.5 Å². The second-order valence-electron chi connectivity index (χ2n) is 3.97. The van der Waals surface area contributed by atoms with Gasteiger partial charge in [-0.1, -0.05) is 4.98 Å². The molecule has 0 spiro atoms. The standard InChI is InChI=1S/C11H10N6O4/c1-15-10(6-12-11(15)17(20)21)7-13-14-8-2-4-9(5-3-8)16(18)19/h2-7,14H,1H3. The van der Waals surface area contributed by atoms with Crippen molar-refractivity contribution < 1.29 is 9.85 Å². The molecule has 0 saturated carbocycles. The van der Waals surface area contributed by atoms with Crippen molar-refractivity contribution >= 4 is 23.5 Å². The molecule has 21 heavy (non-hydrogen) atoms. The lowest BCUT2D eigenvalue weighted by Gasteiger charge is -1.99. The van der Waals surface area contributed by atoms with Gasteiger partial charge in [0.15, 0.2) is 5.69 Å². The zero-order valence-corrected chi connectivity index (χ0v) is 10.8. The lowest BCUT2D eigenvalue weighted by atomic mass is 10.3. The van der Waals surface area contributed by atoms with Crippen LogP contribution in [0.2, 0.25) is 0 Å². The molecule has 0 aliphatic heterocycles. The average molecular weight is 290 g/mol. The number of nitro groups is 2. The number of non-ortho nitro benzene ring substituents is 1. The molecule has 10 nitrogen and oxygen atoms in total. The minimum Gasteiger partial charge on any atom is -0.390 e. The van der Waals surface area contributed by atoms with Gasteiger partial charge in [-0.2, -0.15) is 5.10 Å². The highest BCUT2D eigenvalue weighted by atomic mass is 16.6. The molecule has 10 heteroatoms. The van der Waals surface area contributed by atoms with E-state index in [1.807, 2.05) is 0 Å². The van der Waals surface area contributed by atoms with Crippen LogP contribution in [-0.2, 0) is 7.05 Å². The fourth-order valence-electron chi connectivity index (χ4n) is 1.53. The summed E-state index contributed by atoms with van der Waals surface area (Å²) in [5.74, 6) is -0.285. The van der Waals surface area contributed by atoms with E-state index in [2.05, 4.69) is 15.5 Å². The minimum atomic E-state index is -0.596. The van der Waals surface area contributed by atoms with E-state index in [1.165, 1.54) is 48.3 Å². The van der Waals surface area contributed by atoms with Crippen LogP contribution in [0.5, 0.6) is 0 Å². The summed E-state index contributed by atoms with van der Waals surface area (Å²) in [5, 5.41) is 25.0. The van der Waals surface area contributed by atoms with Crippen LogP contribution in [0.4, 0.5) is 17.3 Å². The summed E-state index contributed by atoms with van der Waals surface area (Å²) in [7, 11) is 1.50. The van der Waals surface area contributed by atoms with Gasteiger partial charge >= 0.3 is 5.95 Å². The van der Waals surface area contributed by atoms with E-state index in [9.17, 15) is 20.2 Å². The zero-order valence-electron chi connectivity index (χ0n) is 10.8. The molecular weight excluding hydrogens is 280 g/mol. The van der Waals surface area contributed by atoms with Crippen LogP contribution in [0.1, 0.15) is 5.69 Å². The molecular formula is C11H10N6O4. The maximum absolute atomic E-state index is 10.6. The Morgan fingerprint density at radius 1 is 1.24 bits per heavy atom. The number of nitrogens with zero attached hydrogens (tertiary/aromatic N) is 5. The number of nitrogens with one attached hydrogen (secondary N) is 1. The topological polar surface area (TPSA) is 128 Å². The van der Waals surface area contributed by atoms with E-state index in [0.29, 0.717) is 11.4 Å². The molecule has 0 aliphatic carbocycles. The van der Waals surface area contributed by atoms with Gasteiger partial charge in [0, 0.05) is 12.1 Å². The largest absolute Gasteiger partial charge is 0.434 e. The molecule has 1 N–H and O–H groups in total. The molecule has 0 unspecified atom stereocenters. The maximum Gasteiger partial charge on any atom is 0.434 e. The minimum absolute atomic E-state index is 0.0215. The number of hydrogen-bond donors (Lipinski definition) is 1. The zero-order chi connectivity index (χ0) is 15.4. The predicted octanol–water partition coefficient (Wildman–Crippen LogP) is 1.68. The lowest BCUT2D eigenvalue weighted by molar-refractivity contribution is -0.396. The van der Waals surface area contributed by atoms with Gasteiger partial charge < -0.3 is 10.1 Å². The molecule has 0 fully saturated rings. The number of nitro benzene ring substituents is 1. The van der Waals surface area contributed by atoms with Crippen molar-refractivity contribution in [3.8, 4) is 0 Å². The van der Waals surface area contributed by atoms with E-state index >= 15 is 0 Å². The van der Waals surface area contributed by atoms with E-state index in [-0.39, 0.29) is 11.6 Å². The molecule has 108 valence electrons. The van der Waals surface area contributed by atoms with Crippen molar-refractivity contribution in [1.29, 1.82) is 0 Å². The van der Waals surface area contributed by atoms with E-state index < -0.39 is 9.85 Å². The molecule has 0 saturated heterocycles. The Morgan fingerprint density at radius 2 is 1.90 bits per heavy atom. The number of rotatable bonds is 5. The molecule has 0 bridgehead atoms. The summed E-state index contributed by atoms with van der Waals surface area (Å²) in [5.41, 5.74) is 3.63. The Kier molecular flexibility index (Phi) is 3.88. The van der Waals surface area contributed by atoms with E-state index in [1.54, 1.807) is 0 Å². The van der Waals surface area contributed by atoms with Crippen LogP contribution in [0.25, 0.3) is 0 Å². The number of aromatic nitrogens is 2. The fourth-order valence-corrected chi connectivity index (χ4v) is 1.53. The van der Waals surface area contributed by atoms with Gasteiger partial charge in [-0.15, -0.1) is 0 Å². The SMILES string of the molecule is Cn1c(C=NNc2ccc([N+](=O)[O-])cc2)cnc1[N+](=O)[O-]. The van der Waals surface area contributed by atoms with Gasteiger partial charge in [0.05, 0.1) is 23.9 Å². The van der Waals surface area contributed by atoms with Crippen LogP contribution in [0.3, 0.4) is 0 Å². The number of benzene rings is 1. The summed E-state index contributed by atoms with van der Waals surface area (Å²) >= 11 is 0. The smallest absolute Gasteiger partial charge is 0.390 e. The Morgan fingerprint density at radius 3 is 2.43 bits per heavy atom. The van der Waals surface area contributed by atoms with E-state index in [0.717, 1.165) is 0 Å². The fraction of sp³-hybridized carbons (Fsp3) is 0.0909. The Bertz CT molecular complexity index is 706. The summed E-state index contributed by atoms with van der Waals surface area (Å²) in [6, 6.07) is 5.68. The van der Waals surface area contributed by atoms with Crippen molar-refractivity contribution in [2.24, 2.45) is 12.1 Å². The quantitative estimate of drug-likeness (QED) is 0.506. The van der Waals surface area contributed by atoms with Gasteiger partial charge in [0.2, 0.25) is 0 Å². The molecule has 1 aromatic heterocycles. The number of imidazole rings is 1. The molecule has 2 rings (SSSR count). The van der Waals surface area contributed by atoms with Crippen molar-refractivity contribution in [2.75, 3.05) is 5.43 Å². The highest BCUT2D eigenvalue weighted by Gasteiger charge is 2.15. The molecule has 0 amide bonds. The van der Waals surface area contributed by atoms with Gasteiger partial charge in [0.1, 0.15) is 6.20 Å². The summed E-state index contributed by atoms with van der Waals surface area (Å²) in [6.45, 7) is 0. The summed E-state index contributed by atoms with van der Waals surface area (Å²) < 4.78 is 1.28. The highest BCUT2D eigenvalue weighted by Crippen LogP contribution is 2.15. The number of hydrogen-bond acceptors (Lipinski definition) is 7. The van der Waals surface area contributed by atoms with Crippen LogP contribution in [-0.4, -0.2) is 25.6 Å². The third kappa shape index (κ3) is 3.18. The van der Waals surface area contributed by atoms with Crippen LogP contribution in [0.15, 0.2) is 35.6 Å². The van der Waals surface area contributed by atoms with Gasteiger partial charge in [-0.05, 0) is 17.1 Å². The molecule has 0 atom stereocenters. The van der Waals surface area contributed by atoms with Crippen LogP contribution >= 0.6 is 0 Å². The molecule has 0 aliphatic rings. The third-order valence-corrected chi connectivity index (χ3v) is 2.63. The molecule has 0 radical (unpaired) electrons. The van der Waals surface area contributed by atoms with Gasteiger partial charge in [-0.25, -0.2) is 4.57 Å². The molecule has 2 aromatic rings. The first-order valence-corrected chi connectivity index (χ1v) is 5.68. The first kappa shape index (κ1) is 14.1. The second-order valence-corrected chi connectivity index (χ2v) is 3.97. The van der Waals surface area contributed by atoms with Crippen molar-refractivity contribution in [2.45, 2.75) is 0 Å². The Balaban J connectivity index is 2.05. The first-order chi connectivity index (χ1) is 9.99. The monoisotopic (exact) mass is 290 g/mol. The lowest BCUT2D eigenvalue weighted by Crippen LogP contribution is -2.02. The number of anilines is 1. The number of hydrazone groups is 1. The Labute approximate surface area is 118 Å². The van der Waals surface area contributed by atoms with Crippen LogP contribution < -0.4 is 5.43 Å². The van der Waals surface area contributed by atoms with Crippen molar-refractivity contribution in [3.63, 3.8) is 0 Å². The maximum atomic E-state index is 10.6.